The number of aryl methyl sites for hydroxylation is 2. The molecule has 0 bridgehead atoms. The number of nitrogens with one attached hydrogen (secondary N) is 2. The largest absolute Gasteiger partial charge is 0.336 e. The van der Waals surface area contributed by atoms with Gasteiger partial charge in [-0.3, -0.25) is 0 Å². The van der Waals surface area contributed by atoms with Crippen molar-refractivity contribution in [1.82, 2.24) is 15.1 Å². The topological polar surface area (TPSA) is 64.7 Å². The first kappa shape index (κ1) is 17.1. The Morgan fingerprint density at radius 3 is 2.62 bits per heavy atom. The smallest absolute Gasteiger partial charge is 0.321 e. The highest BCUT2D eigenvalue weighted by molar-refractivity contribution is 9.10. The summed E-state index contributed by atoms with van der Waals surface area (Å²) in [6.45, 7) is 6.71. The Kier molecular flexibility index (Phi) is 4.99. The van der Waals surface area contributed by atoms with Gasteiger partial charge in [0.05, 0.1) is 6.04 Å². The second kappa shape index (κ2) is 7.01. The molecule has 0 spiro atoms. The van der Waals surface area contributed by atoms with Crippen molar-refractivity contribution < 1.29 is 9.59 Å². The van der Waals surface area contributed by atoms with Crippen LogP contribution < -0.4 is 10.6 Å². The minimum absolute atomic E-state index is 0.0122. The van der Waals surface area contributed by atoms with Crippen LogP contribution in [0.4, 0.5) is 15.3 Å². The number of likely N-dealkylation sites (tertiary alicyclic amines) is 1. The first-order valence-electron chi connectivity index (χ1n) is 8.33. The van der Waals surface area contributed by atoms with Crippen molar-refractivity contribution in [2.24, 2.45) is 0 Å². The van der Waals surface area contributed by atoms with Gasteiger partial charge in [-0.05, 0) is 49.9 Å². The molecule has 4 amide bonds. The monoisotopic (exact) mass is 394 g/mol. The summed E-state index contributed by atoms with van der Waals surface area (Å²) in [5, 5.41) is 5.88. The van der Waals surface area contributed by atoms with Crippen molar-refractivity contribution in [2.75, 3.05) is 31.5 Å². The van der Waals surface area contributed by atoms with E-state index in [1.165, 1.54) is 0 Å². The maximum Gasteiger partial charge on any atom is 0.321 e. The van der Waals surface area contributed by atoms with Crippen LogP contribution in [-0.2, 0) is 0 Å². The van der Waals surface area contributed by atoms with Crippen LogP contribution in [0.15, 0.2) is 16.6 Å². The molecule has 0 saturated carbocycles. The molecule has 2 aliphatic heterocycles. The fourth-order valence-electron chi connectivity index (χ4n) is 3.52. The second-order valence-electron chi connectivity index (χ2n) is 6.51. The quantitative estimate of drug-likeness (QED) is 0.809. The summed E-state index contributed by atoms with van der Waals surface area (Å²) in [5.74, 6) is 0. The lowest BCUT2D eigenvalue weighted by Crippen LogP contribution is -2.51. The normalized spacial score (nSPS) is 21.0. The maximum atomic E-state index is 12.7. The third-order valence-electron chi connectivity index (χ3n) is 4.74. The lowest BCUT2D eigenvalue weighted by molar-refractivity contribution is 0.139. The van der Waals surface area contributed by atoms with Gasteiger partial charge in [-0.25, -0.2) is 9.59 Å². The number of carbonyl (C=O) groups is 2. The Morgan fingerprint density at radius 1 is 1.29 bits per heavy atom. The van der Waals surface area contributed by atoms with E-state index in [1.807, 2.05) is 35.8 Å². The number of benzene rings is 1. The van der Waals surface area contributed by atoms with E-state index in [2.05, 4.69) is 26.6 Å². The minimum Gasteiger partial charge on any atom is -0.336 e. The molecule has 0 radical (unpaired) electrons. The summed E-state index contributed by atoms with van der Waals surface area (Å²) >= 11 is 3.47. The Balaban J connectivity index is 1.68. The van der Waals surface area contributed by atoms with Crippen LogP contribution in [-0.4, -0.2) is 54.1 Å². The highest BCUT2D eigenvalue weighted by Crippen LogP contribution is 2.26. The van der Waals surface area contributed by atoms with Crippen LogP contribution in [0.25, 0.3) is 0 Å². The number of rotatable bonds is 2. The van der Waals surface area contributed by atoms with Crippen molar-refractivity contribution in [3.63, 3.8) is 0 Å². The predicted molar refractivity (Wildman–Crippen MR) is 97.3 cm³/mol. The summed E-state index contributed by atoms with van der Waals surface area (Å²) in [5.41, 5.74) is 2.93. The van der Waals surface area contributed by atoms with E-state index in [1.54, 1.807) is 0 Å². The summed E-state index contributed by atoms with van der Waals surface area (Å²) in [6.07, 6.45) is 1.87. The SMILES string of the molecule is Cc1cc(Br)cc(C)c1NC(=O)N1CCC[C@H](N2CCNC2=O)C1. The Bertz CT molecular complexity index is 641. The van der Waals surface area contributed by atoms with Crippen molar-refractivity contribution in [3.05, 3.63) is 27.7 Å². The van der Waals surface area contributed by atoms with E-state index in [4.69, 9.17) is 0 Å². The van der Waals surface area contributed by atoms with E-state index >= 15 is 0 Å². The molecule has 2 aliphatic rings. The third-order valence-corrected chi connectivity index (χ3v) is 5.20. The van der Waals surface area contributed by atoms with Crippen LogP contribution in [0.1, 0.15) is 24.0 Å². The standard InChI is InChI=1S/C17H23BrN4O2/c1-11-8-13(18)9-12(2)15(11)20-17(24)21-6-3-4-14(10-21)22-7-5-19-16(22)23/h8-9,14H,3-7,10H2,1-2H3,(H,19,23)(H,20,24)/t14-/m0/s1. The molecule has 0 aliphatic carbocycles. The molecule has 2 fully saturated rings. The van der Waals surface area contributed by atoms with Crippen LogP contribution in [0, 0.1) is 13.8 Å². The molecule has 2 heterocycles. The van der Waals surface area contributed by atoms with Gasteiger partial charge in [0.2, 0.25) is 0 Å². The number of urea groups is 2. The zero-order valence-corrected chi connectivity index (χ0v) is 15.6. The number of halogens is 1. The van der Waals surface area contributed by atoms with Crippen LogP contribution in [0.2, 0.25) is 0 Å². The van der Waals surface area contributed by atoms with E-state index in [0.29, 0.717) is 13.1 Å². The van der Waals surface area contributed by atoms with Crippen molar-refractivity contribution >= 4 is 33.7 Å². The summed E-state index contributed by atoms with van der Waals surface area (Å²) in [7, 11) is 0. The summed E-state index contributed by atoms with van der Waals surface area (Å²) < 4.78 is 1.01. The molecule has 1 atom stereocenters. The molecule has 1 aromatic rings. The van der Waals surface area contributed by atoms with Crippen LogP contribution in [0.5, 0.6) is 0 Å². The number of nitrogens with zero attached hydrogens (tertiary/aromatic N) is 2. The molecule has 7 heteroatoms. The molecule has 2 N–H and O–H groups in total. The fraction of sp³-hybridized carbons (Fsp3) is 0.529. The molecule has 1 aromatic carbocycles. The molecule has 0 unspecified atom stereocenters. The highest BCUT2D eigenvalue weighted by atomic mass is 79.9. The number of piperidine rings is 1. The number of amides is 4. The highest BCUT2D eigenvalue weighted by Gasteiger charge is 2.32. The maximum absolute atomic E-state index is 12.7. The van der Waals surface area contributed by atoms with Crippen molar-refractivity contribution in [2.45, 2.75) is 32.7 Å². The zero-order valence-electron chi connectivity index (χ0n) is 14.1. The van der Waals surface area contributed by atoms with Gasteiger partial charge in [0.15, 0.2) is 0 Å². The van der Waals surface area contributed by atoms with E-state index in [-0.39, 0.29) is 18.1 Å². The lowest BCUT2D eigenvalue weighted by atomic mass is 10.0. The van der Waals surface area contributed by atoms with Crippen LogP contribution in [0.3, 0.4) is 0 Å². The Hall–Kier alpha value is -1.76. The van der Waals surface area contributed by atoms with Crippen molar-refractivity contribution in [1.29, 1.82) is 0 Å². The average molecular weight is 395 g/mol. The second-order valence-corrected chi connectivity index (χ2v) is 7.43. The van der Waals surface area contributed by atoms with Gasteiger partial charge in [0.25, 0.3) is 0 Å². The van der Waals surface area contributed by atoms with E-state index < -0.39 is 0 Å². The Labute approximate surface area is 150 Å². The first-order valence-corrected chi connectivity index (χ1v) is 9.12. The molecule has 2 saturated heterocycles. The van der Waals surface area contributed by atoms with Gasteiger partial charge < -0.3 is 20.4 Å². The van der Waals surface area contributed by atoms with Gasteiger partial charge in [0.1, 0.15) is 0 Å². The molecule has 0 aromatic heterocycles. The number of carbonyl (C=O) groups excluding carboxylic acids is 2. The Morgan fingerprint density at radius 2 is 2.00 bits per heavy atom. The predicted octanol–water partition coefficient (Wildman–Crippen LogP) is 3.09. The molecule has 130 valence electrons. The number of anilines is 1. The number of hydrogen-bond acceptors (Lipinski definition) is 2. The first-order chi connectivity index (χ1) is 11.5. The fourth-order valence-corrected chi connectivity index (χ4v) is 4.21. The van der Waals surface area contributed by atoms with Gasteiger partial charge in [-0.2, -0.15) is 0 Å². The summed E-state index contributed by atoms with van der Waals surface area (Å²) in [6, 6.07) is 4.00. The van der Waals surface area contributed by atoms with Gasteiger partial charge >= 0.3 is 12.1 Å². The number of hydrogen-bond donors (Lipinski definition) is 2. The molecular weight excluding hydrogens is 372 g/mol. The van der Waals surface area contributed by atoms with Gasteiger partial charge in [0, 0.05) is 36.3 Å². The van der Waals surface area contributed by atoms with E-state index in [9.17, 15) is 9.59 Å². The molecular formula is C17H23BrN4O2. The van der Waals surface area contributed by atoms with E-state index in [0.717, 1.165) is 47.2 Å². The zero-order chi connectivity index (χ0) is 17.3. The molecule has 3 rings (SSSR count). The lowest BCUT2D eigenvalue weighted by Gasteiger charge is -2.37. The molecule has 6 nitrogen and oxygen atoms in total. The average Bonchev–Trinajstić information content (AvgIpc) is 2.97. The van der Waals surface area contributed by atoms with Gasteiger partial charge in [-0.1, -0.05) is 15.9 Å². The van der Waals surface area contributed by atoms with Crippen molar-refractivity contribution in [3.8, 4) is 0 Å². The van der Waals surface area contributed by atoms with Crippen LogP contribution >= 0.6 is 15.9 Å². The third kappa shape index (κ3) is 3.50. The van der Waals surface area contributed by atoms with Gasteiger partial charge in [-0.15, -0.1) is 0 Å². The molecule has 24 heavy (non-hydrogen) atoms. The minimum atomic E-state index is -0.0900. The summed E-state index contributed by atoms with van der Waals surface area (Å²) in [4.78, 5) is 28.2.